The van der Waals surface area contributed by atoms with Crippen LogP contribution in [-0.2, 0) is 4.74 Å². The molecule has 0 aliphatic heterocycles. The Morgan fingerprint density at radius 1 is 0.875 bits per heavy atom. The molecule has 0 aliphatic rings. The normalized spacial score (nSPS) is 10.1. The van der Waals surface area contributed by atoms with Crippen molar-refractivity contribution in [2.75, 3.05) is 13.2 Å². The fraction of sp³-hybridized carbons (Fsp3) is 0.263. The second-order valence-corrected chi connectivity index (χ2v) is 5.01. The van der Waals surface area contributed by atoms with Crippen LogP contribution in [0.15, 0.2) is 48.5 Å². The molecule has 0 aromatic heterocycles. The van der Waals surface area contributed by atoms with Crippen molar-refractivity contribution in [3.8, 4) is 11.5 Å². The zero-order valence-corrected chi connectivity index (χ0v) is 13.8. The molecule has 0 heterocycles. The summed E-state index contributed by atoms with van der Waals surface area (Å²) in [6.07, 6.45) is 0.748. The summed E-state index contributed by atoms with van der Waals surface area (Å²) < 4.78 is 15.7. The van der Waals surface area contributed by atoms with E-state index in [9.17, 15) is 9.59 Å². The van der Waals surface area contributed by atoms with Crippen molar-refractivity contribution >= 4 is 11.9 Å². The van der Waals surface area contributed by atoms with E-state index in [0.717, 1.165) is 6.42 Å². The summed E-state index contributed by atoms with van der Waals surface area (Å²) in [5, 5.41) is 0. The van der Waals surface area contributed by atoms with E-state index in [1.165, 1.54) is 6.07 Å². The molecule has 0 saturated carbocycles. The zero-order chi connectivity index (χ0) is 17.4. The van der Waals surface area contributed by atoms with E-state index in [2.05, 4.69) is 0 Å². The van der Waals surface area contributed by atoms with Gasteiger partial charge in [0, 0.05) is 0 Å². The highest BCUT2D eigenvalue weighted by molar-refractivity contribution is 5.92. The first-order valence-electron chi connectivity index (χ1n) is 7.86. The molecular formula is C19H20O5. The van der Waals surface area contributed by atoms with E-state index in [1.54, 1.807) is 42.5 Å². The molecule has 0 spiro atoms. The molecule has 0 N–H and O–H groups in total. The number of benzene rings is 2. The Kier molecular flexibility index (Phi) is 6.37. The summed E-state index contributed by atoms with van der Waals surface area (Å²) in [5.74, 6) is 0.0440. The highest BCUT2D eigenvalue weighted by Gasteiger charge is 2.12. The van der Waals surface area contributed by atoms with Gasteiger partial charge in [0.05, 0.1) is 24.3 Å². The molecule has 0 unspecified atom stereocenters. The summed E-state index contributed by atoms with van der Waals surface area (Å²) in [4.78, 5) is 24.0. The molecule has 0 bridgehead atoms. The first-order valence-corrected chi connectivity index (χ1v) is 7.86. The molecule has 0 atom stereocenters. The lowest BCUT2D eigenvalue weighted by atomic mass is 10.2. The van der Waals surface area contributed by atoms with Crippen molar-refractivity contribution in [1.82, 2.24) is 0 Å². The third-order valence-corrected chi connectivity index (χ3v) is 3.12. The molecule has 5 nitrogen and oxygen atoms in total. The quantitative estimate of drug-likeness (QED) is 0.570. The number of rotatable bonds is 7. The Morgan fingerprint density at radius 3 is 2.29 bits per heavy atom. The summed E-state index contributed by atoms with van der Waals surface area (Å²) in [5.41, 5.74) is 0.748. The molecule has 5 heteroatoms. The van der Waals surface area contributed by atoms with Crippen LogP contribution in [-0.4, -0.2) is 25.2 Å². The minimum Gasteiger partial charge on any atom is -0.494 e. The van der Waals surface area contributed by atoms with Crippen LogP contribution in [0.2, 0.25) is 0 Å². The first-order chi connectivity index (χ1) is 11.6. The zero-order valence-electron chi connectivity index (χ0n) is 13.8. The predicted molar refractivity (Wildman–Crippen MR) is 89.6 cm³/mol. The molecular weight excluding hydrogens is 308 g/mol. The number of ether oxygens (including phenoxy) is 3. The average Bonchev–Trinajstić information content (AvgIpc) is 2.60. The van der Waals surface area contributed by atoms with E-state index in [-0.39, 0.29) is 0 Å². The third-order valence-electron chi connectivity index (χ3n) is 3.12. The molecule has 0 amide bonds. The molecule has 2 rings (SSSR count). The van der Waals surface area contributed by atoms with Gasteiger partial charge in [-0.05, 0) is 55.8 Å². The third kappa shape index (κ3) is 4.84. The Labute approximate surface area is 141 Å². The average molecular weight is 328 g/mol. The standard InChI is InChI=1S/C19H20O5/c1-3-12-23-18(20)15-6-5-7-17(13-15)24-19(21)14-8-10-16(11-9-14)22-4-2/h5-11,13H,3-4,12H2,1-2H3. The van der Waals surface area contributed by atoms with E-state index >= 15 is 0 Å². The maximum Gasteiger partial charge on any atom is 0.343 e. The number of hydrogen-bond donors (Lipinski definition) is 0. The van der Waals surface area contributed by atoms with Gasteiger partial charge in [-0.3, -0.25) is 0 Å². The summed E-state index contributed by atoms with van der Waals surface area (Å²) in [6.45, 7) is 4.72. The summed E-state index contributed by atoms with van der Waals surface area (Å²) in [7, 11) is 0. The lowest BCUT2D eigenvalue weighted by Gasteiger charge is -2.08. The van der Waals surface area contributed by atoms with Crippen LogP contribution in [0.25, 0.3) is 0 Å². The van der Waals surface area contributed by atoms with Gasteiger partial charge in [0.25, 0.3) is 0 Å². The van der Waals surface area contributed by atoms with Gasteiger partial charge in [-0.1, -0.05) is 13.0 Å². The minimum atomic E-state index is -0.503. The smallest absolute Gasteiger partial charge is 0.343 e. The Bertz CT molecular complexity index is 691. The first kappa shape index (κ1) is 17.5. The largest absolute Gasteiger partial charge is 0.494 e. The van der Waals surface area contributed by atoms with Gasteiger partial charge in [-0.2, -0.15) is 0 Å². The van der Waals surface area contributed by atoms with Crippen LogP contribution in [0.1, 0.15) is 41.0 Å². The molecule has 0 saturated heterocycles. The Balaban J connectivity index is 2.04. The molecule has 0 fully saturated rings. The van der Waals surface area contributed by atoms with Gasteiger partial charge in [-0.25, -0.2) is 9.59 Å². The molecule has 0 radical (unpaired) electrons. The van der Waals surface area contributed by atoms with Crippen molar-refractivity contribution in [3.05, 3.63) is 59.7 Å². The van der Waals surface area contributed by atoms with E-state index in [0.29, 0.717) is 35.8 Å². The van der Waals surface area contributed by atoms with Crippen molar-refractivity contribution < 1.29 is 23.8 Å². The fourth-order valence-electron chi connectivity index (χ4n) is 1.98. The monoisotopic (exact) mass is 328 g/mol. The number of carbonyl (C=O) groups is 2. The topological polar surface area (TPSA) is 61.8 Å². The van der Waals surface area contributed by atoms with Crippen LogP contribution < -0.4 is 9.47 Å². The van der Waals surface area contributed by atoms with Gasteiger partial charge >= 0.3 is 11.9 Å². The van der Waals surface area contributed by atoms with E-state index in [1.807, 2.05) is 13.8 Å². The molecule has 2 aromatic carbocycles. The van der Waals surface area contributed by atoms with Crippen molar-refractivity contribution in [2.45, 2.75) is 20.3 Å². The Hall–Kier alpha value is -2.82. The molecule has 24 heavy (non-hydrogen) atoms. The number of esters is 2. The molecule has 126 valence electrons. The van der Waals surface area contributed by atoms with Crippen LogP contribution in [0.4, 0.5) is 0 Å². The summed E-state index contributed by atoms with van der Waals surface area (Å²) >= 11 is 0. The van der Waals surface area contributed by atoms with Gasteiger partial charge in [-0.15, -0.1) is 0 Å². The van der Waals surface area contributed by atoms with E-state index in [4.69, 9.17) is 14.2 Å². The van der Waals surface area contributed by atoms with Gasteiger partial charge < -0.3 is 14.2 Å². The maximum absolute atomic E-state index is 12.2. The predicted octanol–water partition coefficient (Wildman–Crippen LogP) is 3.87. The van der Waals surface area contributed by atoms with Gasteiger partial charge in [0.15, 0.2) is 0 Å². The van der Waals surface area contributed by atoms with Crippen molar-refractivity contribution in [3.63, 3.8) is 0 Å². The highest BCUT2D eigenvalue weighted by atomic mass is 16.5. The second kappa shape index (κ2) is 8.72. The Morgan fingerprint density at radius 2 is 1.62 bits per heavy atom. The molecule has 0 aliphatic carbocycles. The minimum absolute atomic E-state index is 0.292. The van der Waals surface area contributed by atoms with Gasteiger partial charge in [0.1, 0.15) is 11.5 Å². The van der Waals surface area contributed by atoms with Gasteiger partial charge in [0.2, 0.25) is 0 Å². The fourth-order valence-corrected chi connectivity index (χ4v) is 1.98. The van der Waals surface area contributed by atoms with Crippen LogP contribution in [0.3, 0.4) is 0 Å². The molecule has 2 aromatic rings. The van der Waals surface area contributed by atoms with Crippen molar-refractivity contribution in [2.24, 2.45) is 0 Å². The number of hydrogen-bond acceptors (Lipinski definition) is 5. The lowest BCUT2D eigenvalue weighted by molar-refractivity contribution is 0.0503. The highest BCUT2D eigenvalue weighted by Crippen LogP contribution is 2.18. The number of carbonyl (C=O) groups excluding carboxylic acids is 2. The van der Waals surface area contributed by atoms with Crippen LogP contribution in [0.5, 0.6) is 11.5 Å². The summed E-state index contributed by atoms with van der Waals surface area (Å²) in [6, 6.07) is 13.0. The van der Waals surface area contributed by atoms with Crippen LogP contribution in [0, 0.1) is 0 Å². The lowest BCUT2D eigenvalue weighted by Crippen LogP contribution is -2.10. The van der Waals surface area contributed by atoms with Crippen LogP contribution >= 0.6 is 0 Å². The van der Waals surface area contributed by atoms with Crippen molar-refractivity contribution in [1.29, 1.82) is 0 Å². The van der Waals surface area contributed by atoms with E-state index < -0.39 is 11.9 Å². The maximum atomic E-state index is 12.2. The second-order valence-electron chi connectivity index (χ2n) is 5.01. The SMILES string of the molecule is CCCOC(=O)c1cccc(OC(=O)c2ccc(OCC)cc2)c1.